The van der Waals surface area contributed by atoms with Crippen LogP contribution in [0, 0.1) is 5.92 Å². The van der Waals surface area contributed by atoms with Crippen molar-refractivity contribution in [2.75, 3.05) is 19.6 Å². The van der Waals surface area contributed by atoms with Crippen molar-refractivity contribution in [2.45, 2.75) is 17.7 Å². The van der Waals surface area contributed by atoms with Crippen LogP contribution in [0.15, 0.2) is 23.1 Å². The zero-order valence-electron chi connectivity index (χ0n) is 9.53. The summed E-state index contributed by atoms with van der Waals surface area (Å²) < 4.78 is 2.37. The average molecular weight is 291 g/mol. The maximum Gasteiger partial charge on any atom is 0.0603 e. The summed E-state index contributed by atoms with van der Waals surface area (Å²) in [6.07, 6.45) is 2.37. The molecule has 0 radical (unpaired) electrons. The van der Waals surface area contributed by atoms with Gasteiger partial charge >= 0.3 is 0 Å². The van der Waals surface area contributed by atoms with Crippen LogP contribution >= 0.6 is 35.1 Å². The highest BCUT2D eigenvalue weighted by Crippen LogP contribution is 2.32. The van der Waals surface area contributed by atoms with Crippen LogP contribution in [0.4, 0.5) is 0 Å². The quantitative estimate of drug-likeness (QED) is 0.862. The second kappa shape index (κ2) is 6.30. The van der Waals surface area contributed by atoms with E-state index in [-0.39, 0.29) is 0 Å². The van der Waals surface area contributed by atoms with E-state index in [4.69, 9.17) is 28.9 Å². The molecule has 2 N–H and O–H groups in total. The second-order valence-corrected chi connectivity index (χ2v) is 6.26. The summed E-state index contributed by atoms with van der Waals surface area (Å²) >= 11 is 13.6. The molecule has 0 spiro atoms. The second-order valence-electron chi connectivity index (χ2n) is 4.28. The molecule has 0 aliphatic carbocycles. The molecular formula is C12H16Cl2N2S. The molecule has 1 heterocycles. The molecule has 0 bridgehead atoms. The first-order chi connectivity index (χ1) is 8.19. The molecular weight excluding hydrogens is 275 g/mol. The fourth-order valence-corrected chi connectivity index (χ4v) is 3.27. The van der Waals surface area contributed by atoms with Gasteiger partial charge in [-0.05, 0) is 55.5 Å². The smallest absolute Gasteiger partial charge is 0.0603 e. The zero-order valence-corrected chi connectivity index (χ0v) is 11.9. The first kappa shape index (κ1) is 13.5. The summed E-state index contributed by atoms with van der Waals surface area (Å²) in [6, 6.07) is 5.77. The molecule has 17 heavy (non-hydrogen) atoms. The fraction of sp³-hybridized carbons (Fsp3) is 0.500. The van der Waals surface area contributed by atoms with Gasteiger partial charge in [0, 0.05) is 18.0 Å². The predicted octanol–water partition coefficient (Wildman–Crippen LogP) is 3.67. The predicted molar refractivity (Wildman–Crippen MR) is 75.7 cm³/mol. The van der Waals surface area contributed by atoms with Crippen LogP contribution in [-0.4, -0.2) is 23.9 Å². The topological polar surface area (TPSA) is 29.3 Å². The Balaban J connectivity index is 1.91. The molecule has 1 fully saturated rings. The number of hydrogen-bond acceptors (Lipinski definition) is 3. The van der Waals surface area contributed by atoms with Gasteiger partial charge in [-0.25, -0.2) is 4.31 Å². The van der Waals surface area contributed by atoms with Gasteiger partial charge in [-0.2, -0.15) is 0 Å². The Hall–Kier alpha value is 0.0700. The minimum absolute atomic E-state index is 0.609. The Kier molecular flexibility index (Phi) is 5.00. The Morgan fingerprint density at radius 3 is 2.53 bits per heavy atom. The van der Waals surface area contributed by atoms with Crippen LogP contribution in [0.3, 0.4) is 0 Å². The highest BCUT2D eigenvalue weighted by Gasteiger charge is 2.18. The first-order valence-electron chi connectivity index (χ1n) is 5.77. The highest BCUT2D eigenvalue weighted by molar-refractivity contribution is 7.97. The standard InChI is InChI=1S/C12H16Cl2N2S/c13-11-2-1-10(7-12(11)14)17-16-5-3-9(8-15)4-6-16/h1-2,7,9H,3-6,8,15H2. The number of rotatable bonds is 3. The number of nitrogens with two attached hydrogens (primary N) is 1. The van der Waals surface area contributed by atoms with Crippen molar-refractivity contribution in [1.29, 1.82) is 0 Å². The molecule has 1 aromatic carbocycles. The van der Waals surface area contributed by atoms with Crippen molar-refractivity contribution < 1.29 is 0 Å². The first-order valence-corrected chi connectivity index (χ1v) is 7.30. The maximum absolute atomic E-state index is 6.00. The van der Waals surface area contributed by atoms with Gasteiger partial charge in [0.15, 0.2) is 0 Å². The van der Waals surface area contributed by atoms with E-state index in [0.29, 0.717) is 16.0 Å². The van der Waals surface area contributed by atoms with E-state index >= 15 is 0 Å². The number of piperidine rings is 1. The average Bonchev–Trinajstić information content (AvgIpc) is 2.35. The van der Waals surface area contributed by atoms with Crippen molar-refractivity contribution in [3.05, 3.63) is 28.2 Å². The van der Waals surface area contributed by atoms with Gasteiger partial charge in [0.25, 0.3) is 0 Å². The number of nitrogens with zero attached hydrogens (tertiary/aromatic N) is 1. The molecule has 1 aliphatic rings. The van der Waals surface area contributed by atoms with Gasteiger partial charge in [0.1, 0.15) is 0 Å². The van der Waals surface area contributed by atoms with Crippen molar-refractivity contribution in [3.8, 4) is 0 Å². The number of hydrogen-bond donors (Lipinski definition) is 1. The van der Waals surface area contributed by atoms with Gasteiger partial charge in [-0.3, -0.25) is 0 Å². The molecule has 0 unspecified atom stereocenters. The van der Waals surface area contributed by atoms with Gasteiger partial charge in [0.05, 0.1) is 10.0 Å². The van der Waals surface area contributed by atoms with E-state index in [1.807, 2.05) is 18.2 Å². The van der Waals surface area contributed by atoms with Gasteiger partial charge in [-0.15, -0.1) is 0 Å². The monoisotopic (exact) mass is 290 g/mol. The van der Waals surface area contributed by atoms with Crippen LogP contribution in [0.25, 0.3) is 0 Å². The lowest BCUT2D eigenvalue weighted by atomic mass is 9.99. The van der Waals surface area contributed by atoms with Crippen LogP contribution < -0.4 is 5.73 Å². The fourth-order valence-electron chi connectivity index (χ4n) is 1.92. The third-order valence-corrected chi connectivity index (χ3v) is 4.86. The molecule has 1 aromatic rings. The van der Waals surface area contributed by atoms with Crippen LogP contribution in [0.1, 0.15) is 12.8 Å². The molecule has 1 saturated heterocycles. The number of halogens is 2. The van der Waals surface area contributed by atoms with Crippen LogP contribution in [0.5, 0.6) is 0 Å². The van der Waals surface area contributed by atoms with E-state index in [2.05, 4.69) is 4.31 Å². The largest absolute Gasteiger partial charge is 0.330 e. The summed E-state index contributed by atoms with van der Waals surface area (Å²) in [5, 5.41) is 1.23. The summed E-state index contributed by atoms with van der Waals surface area (Å²) in [4.78, 5) is 1.14. The lowest BCUT2D eigenvalue weighted by Gasteiger charge is -2.30. The van der Waals surface area contributed by atoms with Crippen molar-refractivity contribution in [2.24, 2.45) is 11.7 Å². The Morgan fingerprint density at radius 2 is 1.94 bits per heavy atom. The molecule has 2 nitrogen and oxygen atoms in total. The van der Waals surface area contributed by atoms with E-state index < -0.39 is 0 Å². The minimum atomic E-state index is 0.609. The van der Waals surface area contributed by atoms with E-state index in [9.17, 15) is 0 Å². The van der Waals surface area contributed by atoms with E-state index in [0.717, 1.165) is 24.5 Å². The van der Waals surface area contributed by atoms with Crippen molar-refractivity contribution >= 4 is 35.1 Å². The van der Waals surface area contributed by atoms with Crippen molar-refractivity contribution in [3.63, 3.8) is 0 Å². The summed E-state index contributed by atoms with van der Waals surface area (Å²) in [6.45, 7) is 2.99. The molecule has 0 amide bonds. The Morgan fingerprint density at radius 1 is 1.24 bits per heavy atom. The number of benzene rings is 1. The lowest BCUT2D eigenvalue weighted by molar-refractivity contribution is 0.297. The third kappa shape index (κ3) is 3.76. The molecule has 0 atom stereocenters. The summed E-state index contributed by atoms with van der Waals surface area (Å²) in [5.74, 6) is 0.695. The van der Waals surface area contributed by atoms with Gasteiger partial charge in [0.2, 0.25) is 0 Å². The maximum atomic E-state index is 6.00. The van der Waals surface area contributed by atoms with Gasteiger partial charge in [-0.1, -0.05) is 23.2 Å². The minimum Gasteiger partial charge on any atom is -0.330 e. The van der Waals surface area contributed by atoms with Crippen molar-refractivity contribution in [1.82, 2.24) is 4.31 Å². The normalized spacial score (nSPS) is 18.5. The van der Waals surface area contributed by atoms with Crippen LogP contribution in [-0.2, 0) is 0 Å². The molecule has 5 heteroatoms. The third-order valence-electron chi connectivity index (χ3n) is 3.03. The van der Waals surface area contributed by atoms with E-state index in [1.165, 1.54) is 12.8 Å². The molecule has 0 aromatic heterocycles. The SMILES string of the molecule is NCC1CCN(Sc2ccc(Cl)c(Cl)c2)CC1. The highest BCUT2D eigenvalue weighted by atomic mass is 35.5. The summed E-state index contributed by atoms with van der Waals surface area (Å²) in [5.41, 5.74) is 5.68. The molecule has 0 saturated carbocycles. The van der Waals surface area contributed by atoms with Crippen LogP contribution in [0.2, 0.25) is 10.0 Å². The van der Waals surface area contributed by atoms with Gasteiger partial charge < -0.3 is 5.73 Å². The Labute approximate surface area is 117 Å². The van der Waals surface area contributed by atoms with E-state index in [1.54, 1.807) is 11.9 Å². The summed E-state index contributed by atoms with van der Waals surface area (Å²) in [7, 11) is 0. The molecule has 2 rings (SSSR count). The molecule has 94 valence electrons. The molecule has 1 aliphatic heterocycles. The lowest BCUT2D eigenvalue weighted by Crippen LogP contribution is -2.31. The Bertz CT molecular complexity index is 379. The zero-order chi connectivity index (χ0) is 12.3.